The molecule has 324 valence electrons. The molecule has 16 nitrogen and oxygen atoms in total. The van der Waals surface area contributed by atoms with E-state index in [-0.39, 0.29) is 53.2 Å². The van der Waals surface area contributed by atoms with E-state index in [1.807, 2.05) is 46.2 Å². The molecule has 0 spiro atoms. The van der Waals surface area contributed by atoms with Gasteiger partial charge >= 0.3 is 12.2 Å². The number of methoxy groups -OCH3 is 2. The predicted molar refractivity (Wildman–Crippen MR) is 228 cm³/mol. The van der Waals surface area contributed by atoms with Crippen LogP contribution >= 0.6 is 0 Å². The fourth-order valence-corrected chi connectivity index (χ4v) is 10.7. The molecule has 61 heavy (non-hydrogen) atoms. The van der Waals surface area contributed by atoms with Crippen LogP contribution in [0.3, 0.4) is 0 Å². The average molecular weight is 837 g/mol. The number of hydrogen-bond donors (Lipinski definition) is 4. The number of carbonyl (C=O) groups is 4. The minimum absolute atomic E-state index is 0.0814. The molecule has 2 saturated carbocycles. The quantitative estimate of drug-likeness (QED) is 0.205. The lowest BCUT2D eigenvalue weighted by Gasteiger charge is -2.32. The molecule has 2 saturated heterocycles. The molecule has 1 aromatic heterocycles. The molecule has 0 bridgehead atoms. The van der Waals surface area contributed by atoms with E-state index in [0.29, 0.717) is 48.1 Å². The number of rotatable bonds is 10. The van der Waals surface area contributed by atoms with Gasteiger partial charge in [-0.15, -0.1) is 0 Å². The van der Waals surface area contributed by atoms with Crippen LogP contribution in [0.4, 0.5) is 9.59 Å². The van der Waals surface area contributed by atoms with Gasteiger partial charge in [-0.1, -0.05) is 37.8 Å². The van der Waals surface area contributed by atoms with E-state index in [4.69, 9.17) is 23.9 Å². The lowest BCUT2D eigenvalue weighted by atomic mass is 9.96. The van der Waals surface area contributed by atoms with E-state index >= 15 is 0 Å². The fourth-order valence-electron chi connectivity index (χ4n) is 10.7. The van der Waals surface area contributed by atoms with Crippen LogP contribution in [0.2, 0.25) is 0 Å². The Bertz CT molecular complexity index is 2320. The third-order valence-electron chi connectivity index (χ3n) is 14.0. The van der Waals surface area contributed by atoms with E-state index < -0.39 is 24.3 Å². The maximum Gasteiger partial charge on any atom is 0.407 e. The zero-order valence-electron chi connectivity index (χ0n) is 35.0. The van der Waals surface area contributed by atoms with Crippen molar-refractivity contribution in [2.75, 3.05) is 40.4 Å². The second-order valence-corrected chi connectivity index (χ2v) is 17.5. The highest BCUT2D eigenvalue weighted by molar-refractivity contribution is 5.97. The minimum atomic E-state index is -0.627. The molecule has 4 amide bonds. The molecule has 5 heterocycles. The van der Waals surface area contributed by atoms with Gasteiger partial charge in [0.1, 0.15) is 34.9 Å². The number of hydrogen-bond acceptors (Lipinski definition) is 12. The van der Waals surface area contributed by atoms with Crippen LogP contribution < -0.4 is 26.7 Å². The molecule has 9 rings (SSSR count). The zero-order valence-corrected chi connectivity index (χ0v) is 35.0. The van der Waals surface area contributed by atoms with Gasteiger partial charge in [-0.25, -0.2) is 9.59 Å². The first-order chi connectivity index (χ1) is 29.7. The number of nitrogens with zero attached hydrogens (tertiary/aromatic N) is 4. The average Bonchev–Trinajstić information content (AvgIpc) is 4.13. The van der Waals surface area contributed by atoms with Gasteiger partial charge in [-0.3, -0.25) is 24.4 Å². The molecule has 4 fully saturated rings. The van der Waals surface area contributed by atoms with Crippen molar-refractivity contribution in [1.82, 2.24) is 31.1 Å². The van der Waals surface area contributed by atoms with E-state index in [1.165, 1.54) is 14.2 Å². The summed E-state index contributed by atoms with van der Waals surface area (Å²) >= 11 is 0. The normalized spacial score (nSPS) is 25.3. The molecule has 2 aromatic carbocycles. The summed E-state index contributed by atoms with van der Waals surface area (Å²) in [6.45, 7) is 2.13. The maximum atomic E-state index is 14.0. The van der Waals surface area contributed by atoms with Gasteiger partial charge in [0.25, 0.3) is 0 Å². The van der Waals surface area contributed by atoms with Gasteiger partial charge < -0.3 is 45.0 Å². The number of amides is 4. The van der Waals surface area contributed by atoms with Crippen molar-refractivity contribution in [2.45, 2.75) is 113 Å². The number of carbonyl (C=O) groups excluding carboxylic acids is 4. The largest absolute Gasteiger partial charge is 0.456 e. The molecule has 4 aliphatic heterocycles. The molecule has 4 N–H and O–H groups in total. The third-order valence-corrected chi connectivity index (χ3v) is 14.0. The number of alkyl carbamates (subject to hydrolysis) is 2. The van der Waals surface area contributed by atoms with Crippen molar-refractivity contribution in [3.63, 3.8) is 0 Å². The first kappa shape index (κ1) is 40.7. The van der Waals surface area contributed by atoms with Crippen molar-refractivity contribution in [3.8, 4) is 0 Å². The minimum Gasteiger partial charge on any atom is -0.456 e. The van der Waals surface area contributed by atoms with Crippen LogP contribution in [-0.2, 0) is 19.1 Å². The Labute approximate surface area is 354 Å². The molecule has 0 radical (unpaired) electrons. The number of likely N-dealkylation sites (tertiary alicyclic amines) is 2. The van der Waals surface area contributed by atoms with Crippen molar-refractivity contribution in [1.29, 1.82) is 0 Å². The fraction of sp³-hybridized carbons (Fsp3) is 0.578. The Morgan fingerprint density at radius 2 is 1.15 bits per heavy atom. The van der Waals surface area contributed by atoms with Gasteiger partial charge in [-0.2, -0.15) is 0 Å². The highest BCUT2D eigenvalue weighted by Gasteiger charge is 2.43. The Morgan fingerprint density at radius 3 is 1.66 bits per heavy atom. The Kier molecular flexibility index (Phi) is 11.6. The molecule has 3 aromatic rings. The smallest absolute Gasteiger partial charge is 0.407 e. The van der Waals surface area contributed by atoms with Gasteiger partial charge in [0.05, 0.1) is 62.2 Å². The van der Waals surface area contributed by atoms with Crippen LogP contribution in [-0.4, -0.2) is 110 Å². The number of fused-ring (bicyclic) bond motifs is 2. The van der Waals surface area contributed by atoms with Gasteiger partial charge in [0.2, 0.25) is 17.2 Å². The van der Waals surface area contributed by atoms with Crippen LogP contribution in [0.1, 0.15) is 100 Å². The van der Waals surface area contributed by atoms with Gasteiger partial charge in [-0.05, 0) is 98.6 Å². The van der Waals surface area contributed by atoms with Crippen LogP contribution in [0.15, 0.2) is 55.6 Å². The Morgan fingerprint density at radius 1 is 0.656 bits per heavy atom. The summed E-state index contributed by atoms with van der Waals surface area (Å²) in [5.41, 5.74) is 2.66. The van der Waals surface area contributed by atoms with Crippen molar-refractivity contribution >= 4 is 57.6 Å². The number of nitrogens with one attached hydrogen (secondary N) is 4. The number of aliphatic imine (C=N–C) groups is 2. The standard InChI is InChI=1S/C45H56N8O8/c1-59-44(57)50-37(25-9-3-4-10-25)42(55)52-19-7-13-33(52)40-46-23-31(48-40)27-16-18-35-30(21-27)39(54)29-17-15-28(22-36(29)61-35)32-24-47-41(49-32)34-14-8-20-53(34)43(56)38(51-45(58)60-2)26-11-5-6-12-26/h15-18,21-22,25-26,31-34,37-38H,3-14,19-20,23-24H2,1-2H3,(H,46,48)(H,47,49)(H,50,57)(H,51,58)/t31?,32?,33-,34-,37-,38-/m0/s1. The summed E-state index contributed by atoms with van der Waals surface area (Å²) in [7, 11) is 2.63. The van der Waals surface area contributed by atoms with Crippen LogP contribution in [0, 0.1) is 11.8 Å². The predicted octanol–water partition coefficient (Wildman–Crippen LogP) is 4.84. The highest BCUT2D eigenvalue weighted by atomic mass is 16.5. The second kappa shape index (κ2) is 17.4. The van der Waals surface area contributed by atoms with Gasteiger partial charge in [0.15, 0.2) is 0 Å². The first-order valence-corrected chi connectivity index (χ1v) is 22.1. The molecule has 6 aliphatic rings. The molecule has 6 atom stereocenters. The van der Waals surface area contributed by atoms with Gasteiger partial charge in [0, 0.05) is 13.1 Å². The summed E-state index contributed by atoms with van der Waals surface area (Å²) in [6.07, 6.45) is 9.79. The molecular formula is C45H56N8O8. The summed E-state index contributed by atoms with van der Waals surface area (Å²) in [5.74, 6) is 1.50. The zero-order chi connectivity index (χ0) is 42.2. The molecule has 2 aliphatic carbocycles. The van der Waals surface area contributed by atoms with Crippen molar-refractivity contribution in [2.24, 2.45) is 21.8 Å². The van der Waals surface area contributed by atoms with Crippen LogP contribution in [0.25, 0.3) is 21.9 Å². The highest BCUT2D eigenvalue weighted by Crippen LogP contribution is 2.34. The summed E-state index contributed by atoms with van der Waals surface area (Å²) < 4.78 is 16.1. The van der Waals surface area contributed by atoms with E-state index in [0.717, 1.165) is 99.8 Å². The van der Waals surface area contributed by atoms with E-state index in [1.54, 1.807) is 0 Å². The molecule has 2 unspecified atom stereocenters. The summed E-state index contributed by atoms with van der Waals surface area (Å²) in [6, 6.07) is 9.30. The lowest BCUT2D eigenvalue weighted by molar-refractivity contribution is -0.135. The van der Waals surface area contributed by atoms with E-state index in [9.17, 15) is 24.0 Å². The lowest BCUT2D eigenvalue weighted by Crippen LogP contribution is -2.55. The second-order valence-electron chi connectivity index (χ2n) is 17.5. The Hall–Kier alpha value is -5.67. The Balaban J connectivity index is 0.868. The van der Waals surface area contributed by atoms with Crippen molar-refractivity contribution in [3.05, 3.63) is 57.7 Å². The molecular weight excluding hydrogens is 781 g/mol. The monoisotopic (exact) mass is 836 g/mol. The topological polar surface area (TPSA) is 196 Å². The first-order valence-electron chi connectivity index (χ1n) is 22.1. The number of amidine groups is 2. The number of benzene rings is 2. The van der Waals surface area contributed by atoms with Crippen molar-refractivity contribution < 1.29 is 33.1 Å². The SMILES string of the molecule is COC(=O)N[C@H](C(=O)N1CCC[C@H]1C1=NCC(c2ccc3c(=O)c4cc(C5CN=C([C@@H]6CCCN6C(=O)[C@@H](NC(=O)OC)C6CCCC6)N5)ccc4oc3c2)N1)C1CCCC1. The van der Waals surface area contributed by atoms with E-state index in [2.05, 4.69) is 21.3 Å². The maximum absolute atomic E-state index is 14.0. The molecule has 16 heteroatoms. The third kappa shape index (κ3) is 8.00. The number of ether oxygens (including phenoxy) is 2. The van der Waals surface area contributed by atoms with Crippen LogP contribution in [0.5, 0.6) is 0 Å². The summed E-state index contributed by atoms with van der Waals surface area (Å²) in [4.78, 5) is 79.9. The summed E-state index contributed by atoms with van der Waals surface area (Å²) in [5, 5.41) is 13.8.